The molecule has 3 aromatic heterocycles. The number of hydrogen-bond donors (Lipinski definition) is 0. The summed E-state index contributed by atoms with van der Waals surface area (Å²) in [5.74, 6) is 1.76. The Labute approximate surface area is 363 Å². The minimum absolute atomic E-state index is 0.563. The van der Waals surface area contributed by atoms with Crippen molar-refractivity contribution in [3.8, 4) is 45.5 Å². The first-order chi connectivity index (χ1) is 31.3. The van der Waals surface area contributed by atoms with Crippen molar-refractivity contribution in [1.29, 1.82) is 0 Å². The van der Waals surface area contributed by atoms with Crippen LogP contribution in [0.1, 0.15) is 22.3 Å². The summed E-state index contributed by atoms with van der Waals surface area (Å²) in [6.45, 7) is 0. The van der Waals surface area contributed by atoms with Crippen LogP contribution in [0.4, 0.5) is 0 Å². The first-order valence-electron chi connectivity index (χ1n) is 21.5. The average Bonchev–Trinajstić information content (AvgIpc) is 3.99. The maximum Gasteiger partial charge on any atom is 0.238 e. The van der Waals surface area contributed by atoms with E-state index in [1.165, 1.54) is 38.6 Å². The lowest BCUT2D eigenvalue weighted by Gasteiger charge is -2.34. The van der Waals surface area contributed by atoms with Crippen LogP contribution in [-0.2, 0) is 5.41 Å². The van der Waals surface area contributed by atoms with Crippen molar-refractivity contribution in [2.24, 2.45) is 0 Å². The van der Waals surface area contributed by atoms with Crippen molar-refractivity contribution < 1.29 is 0 Å². The van der Waals surface area contributed by atoms with Gasteiger partial charge in [0, 0.05) is 38.4 Å². The maximum absolute atomic E-state index is 5.41. The van der Waals surface area contributed by atoms with Gasteiger partial charge in [-0.05, 0) is 75.8 Å². The van der Waals surface area contributed by atoms with E-state index >= 15 is 0 Å². The van der Waals surface area contributed by atoms with Gasteiger partial charge < -0.3 is 4.57 Å². The summed E-state index contributed by atoms with van der Waals surface area (Å²) in [7, 11) is 0. The van der Waals surface area contributed by atoms with Gasteiger partial charge >= 0.3 is 0 Å². The minimum atomic E-state index is -0.563. The molecule has 0 fully saturated rings. The number of benzene rings is 9. The molecule has 294 valence electrons. The molecule has 63 heavy (non-hydrogen) atoms. The van der Waals surface area contributed by atoms with Gasteiger partial charge in [-0.1, -0.05) is 182 Å². The standard InChI is InChI=1S/C58H37N5/c1-2-20-40(21-3-1)58(49-30-10-4-24-43(49)44-25-5-11-31-50(44)58)41-22-16-18-38(36-41)55-59-56(61-57(60-55)63-53-34-14-8-28-47(53)48-29-9-15-35-54(48)63)39-19-17-23-42(37-39)62-51-32-12-6-26-45(51)46-27-7-13-33-52(46)62/h1-37H. The Morgan fingerprint density at radius 2 is 0.746 bits per heavy atom. The molecule has 9 aromatic carbocycles. The van der Waals surface area contributed by atoms with Crippen LogP contribution in [-0.4, -0.2) is 24.1 Å². The van der Waals surface area contributed by atoms with Crippen molar-refractivity contribution in [2.45, 2.75) is 5.41 Å². The zero-order valence-corrected chi connectivity index (χ0v) is 34.1. The summed E-state index contributed by atoms with van der Waals surface area (Å²) in [6, 6.07) is 80.3. The third-order valence-electron chi connectivity index (χ3n) is 13.1. The van der Waals surface area contributed by atoms with E-state index in [0.29, 0.717) is 17.6 Å². The fourth-order valence-electron chi connectivity index (χ4n) is 10.4. The van der Waals surface area contributed by atoms with E-state index in [-0.39, 0.29) is 0 Å². The van der Waals surface area contributed by atoms with Crippen LogP contribution in [0.15, 0.2) is 224 Å². The lowest BCUT2D eigenvalue weighted by molar-refractivity contribution is 0.768. The number of hydrogen-bond acceptors (Lipinski definition) is 3. The Hall–Kier alpha value is -8.41. The summed E-state index contributed by atoms with van der Waals surface area (Å²) < 4.78 is 4.53. The van der Waals surface area contributed by atoms with Crippen LogP contribution < -0.4 is 0 Å². The molecule has 0 bridgehead atoms. The molecule has 0 saturated heterocycles. The minimum Gasteiger partial charge on any atom is -0.309 e. The van der Waals surface area contributed by atoms with Gasteiger partial charge in [0.1, 0.15) is 0 Å². The van der Waals surface area contributed by atoms with Gasteiger partial charge in [0.15, 0.2) is 11.6 Å². The first kappa shape index (κ1) is 35.4. The Morgan fingerprint density at radius 1 is 0.317 bits per heavy atom. The number of para-hydroxylation sites is 4. The zero-order chi connectivity index (χ0) is 41.5. The highest BCUT2D eigenvalue weighted by atomic mass is 15.2. The second kappa shape index (κ2) is 13.8. The second-order valence-electron chi connectivity index (χ2n) is 16.4. The lowest BCUT2D eigenvalue weighted by atomic mass is 9.67. The molecule has 0 spiro atoms. The zero-order valence-electron chi connectivity index (χ0n) is 34.1. The van der Waals surface area contributed by atoms with Gasteiger partial charge in [-0.25, -0.2) is 4.98 Å². The predicted octanol–water partition coefficient (Wildman–Crippen LogP) is 13.8. The van der Waals surface area contributed by atoms with Gasteiger partial charge in [-0.3, -0.25) is 4.57 Å². The van der Waals surface area contributed by atoms with Crippen LogP contribution in [0.5, 0.6) is 0 Å². The lowest BCUT2D eigenvalue weighted by Crippen LogP contribution is -2.28. The van der Waals surface area contributed by atoms with Gasteiger partial charge in [0.25, 0.3) is 0 Å². The molecule has 12 aromatic rings. The van der Waals surface area contributed by atoms with Crippen molar-refractivity contribution in [1.82, 2.24) is 24.1 Å². The highest BCUT2D eigenvalue weighted by Gasteiger charge is 2.46. The Morgan fingerprint density at radius 3 is 1.30 bits per heavy atom. The van der Waals surface area contributed by atoms with Crippen LogP contribution >= 0.6 is 0 Å². The molecule has 0 atom stereocenters. The fourth-order valence-corrected chi connectivity index (χ4v) is 10.4. The van der Waals surface area contributed by atoms with E-state index in [9.17, 15) is 0 Å². The van der Waals surface area contributed by atoms with Crippen molar-refractivity contribution >= 4 is 43.6 Å². The summed E-state index contributed by atoms with van der Waals surface area (Å²) >= 11 is 0. The van der Waals surface area contributed by atoms with Gasteiger partial charge in [-0.15, -0.1) is 0 Å². The van der Waals surface area contributed by atoms with Crippen LogP contribution in [0.25, 0.3) is 89.2 Å². The molecule has 3 heterocycles. The van der Waals surface area contributed by atoms with E-state index < -0.39 is 5.41 Å². The monoisotopic (exact) mass is 803 g/mol. The summed E-state index contributed by atoms with van der Waals surface area (Å²) in [6.07, 6.45) is 0. The van der Waals surface area contributed by atoms with Crippen LogP contribution in [0.2, 0.25) is 0 Å². The molecule has 1 aliphatic carbocycles. The van der Waals surface area contributed by atoms with Gasteiger partial charge in [0.2, 0.25) is 5.95 Å². The molecule has 5 nitrogen and oxygen atoms in total. The maximum atomic E-state index is 5.41. The van der Waals surface area contributed by atoms with E-state index in [2.05, 4.69) is 234 Å². The number of aromatic nitrogens is 5. The molecule has 13 rings (SSSR count). The highest BCUT2D eigenvalue weighted by molar-refractivity contribution is 6.10. The highest BCUT2D eigenvalue weighted by Crippen LogP contribution is 2.56. The quantitative estimate of drug-likeness (QED) is 0.168. The Bertz CT molecular complexity index is 3610. The third kappa shape index (κ3) is 5.20. The Kier molecular flexibility index (Phi) is 7.75. The molecule has 0 unspecified atom stereocenters. The van der Waals surface area contributed by atoms with Crippen molar-refractivity contribution in [3.63, 3.8) is 0 Å². The van der Waals surface area contributed by atoms with E-state index in [0.717, 1.165) is 55.2 Å². The van der Waals surface area contributed by atoms with E-state index in [1.54, 1.807) is 0 Å². The normalized spacial score (nSPS) is 12.9. The molecule has 0 N–H and O–H groups in total. The fraction of sp³-hybridized carbons (Fsp3) is 0.0172. The number of fused-ring (bicyclic) bond motifs is 9. The van der Waals surface area contributed by atoms with Gasteiger partial charge in [-0.2, -0.15) is 9.97 Å². The summed E-state index contributed by atoms with van der Waals surface area (Å²) in [5, 5.41) is 4.73. The molecule has 5 heteroatoms. The molecular formula is C58H37N5. The first-order valence-corrected chi connectivity index (χ1v) is 21.5. The summed E-state index contributed by atoms with van der Waals surface area (Å²) in [4.78, 5) is 16.2. The van der Waals surface area contributed by atoms with E-state index in [1.807, 2.05) is 0 Å². The Balaban J connectivity index is 1.06. The molecule has 0 amide bonds. The molecule has 0 aliphatic heterocycles. The number of rotatable bonds is 6. The molecule has 1 aliphatic rings. The second-order valence-corrected chi connectivity index (χ2v) is 16.4. The van der Waals surface area contributed by atoms with Crippen LogP contribution in [0.3, 0.4) is 0 Å². The van der Waals surface area contributed by atoms with Crippen molar-refractivity contribution in [3.05, 3.63) is 247 Å². The average molecular weight is 804 g/mol. The molecular weight excluding hydrogens is 767 g/mol. The third-order valence-corrected chi connectivity index (χ3v) is 13.1. The summed E-state index contributed by atoms with van der Waals surface area (Å²) in [5.41, 5.74) is 14.1. The molecule has 0 radical (unpaired) electrons. The smallest absolute Gasteiger partial charge is 0.238 e. The van der Waals surface area contributed by atoms with Gasteiger partial charge in [0.05, 0.1) is 27.5 Å². The van der Waals surface area contributed by atoms with E-state index in [4.69, 9.17) is 15.0 Å². The molecule has 0 saturated carbocycles. The SMILES string of the molecule is c1ccc(C2(c3cccc(-c4nc(-c5cccc(-n6c7ccccc7c7ccccc76)c5)nc(-n5c6ccccc6c6ccccc65)n4)c3)c3ccccc3-c3ccccc32)cc1. The van der Waals surface area contributed by atoms with Crippen LogP contribution in [0, 0.1) is 0 Å². The predicted molar refractivity (Wildman–Crippen MR) is 257 cm³/mol. The topological polar surface area (TPSA) is 48.5 Å². The number of nitrogens with zero attached hydrogens (tertiary/aromatic N) is 5. The largest absolute Gasteiger partial charge is 0.309 e. The van der Waals surface area contributed by atoms with Crippen molar-refractivity contribution in [2.75, 3.05) is 0 Å².